The molecule has 2 aliphatic rings. The molecule has 0 bridgehead atoms. The van der Waals surface area contributed by atoms with Crippen molar-refractivity contribution >= 4 is 28.9 Å². The Labute approximate surface area is 220 Å². The molecule has 1 unspecified atom stereocenters. The van der Waals surface area contributed by atoms with Gasteiger partial charge in [0.05, 0.1) is 12.1 Å². The number of ether oxygens (including phenoxy) is 2. The minimum Gasteiger partial charge on any atom is -0.462 e. The first-order valence-corrected chi connectivity index (χ1v) is 13.8. The Morgan fingerprint density at radius 3 is 2.62 bits per heavy atom. The number of aryl methyl sites for hydroxylation is 2. The van der Waals surface area contributed by atoms with Crippen LogP contribution in [0.5, 0.6) is 0 Å². The SMILES string of the molecule is CCOC(=O)c1cc(C2CC2)c2c(C)c(-c3cc4c(s3)CCC(NC(=O)OC(C)(C)C)C4)ccn2c1=O. The van der Waals surface area contributed by atoms with E-state index in [-0.39, 0.29) is 29.9 Å². The number of hydrogen-bond acceptors (Lipinski definition) is 6. The van der Waals surface area contributed by atoms with Crippen LogP contribution in [-0.4, -0.2) is 34.7 Å². The summed E-state index contributed by atoms with van der Waals surface area (Å²) in [6, 6.07) is 6.01. The summed E-state index contributed by atoms with van der Waals surface area (Å²) in [5.74, 6) is -0.208. The third-order valence-corrected chi connectivity index (χ3v) is 8.26. The molecule has 1 atom stereocenters. The van der Waals surface area contributed by atoms with Crippen LogP contribution >= 0.6 is 11.3 Å². The number of rotatable bonds is 5. The molecular weight excluding hydrogens is 488 g/mol. The molecule has 0 radical (unpaired) electrons. The Morgan fingerprint density at radius 2 is 1.95 bits per heavy atom. The zero-order chi connectivity index (χ0) is 26.5. The first-order valence-electron chi connectivity index (χ1n) is 13.0. The van der Waals surface area contributed by atoms with Crippen molar-refractivity contribution in [1.29, 1.82) is 0 Å². The summed E-state index contributed by atoms with van der Waals surface area (Å²) in [6.45, 7) is 9.63. The molecule has 7 nitrogen and oxygen atoms in total. The molecule has 1 fully saturated rings. The highest BCUT2D eigenvalue weighted by Gasteiger charge is 2.30. The van der Waals surface area contributed by atoms with Gasteiger partial charge in [0.1, 0.15) is 11.2 Å². The van der Waals surface area contributed by atoms with Crippen molar-refractivity contribution in [3.8, 4) is 10.4 Å². The number of amides is 1. The van der Waals surface area contributed by atoms with Gasteiger partial charge in [-0.1, -0.05) is 0 Å². The van der Waals surface area contributed by atoms with Gasteiger partial charge in [-0.3, -0.25) is 9.20 Å². The van der Waals surface area contributed by atoms with Crippen LogP contribution in [-0.2, 0) is 22.3 Å². The van der Waals surface area contributed by atoms with Crippen molar-refractivity contribution < 1.29 is 19.1 Å². The Bertz CT molecular complexity index is 1440. The predicted octanol–water partition coefficient (Wildman–Crippen LogP) is 5.77. The van der Waals surface area contributed by atoms with Crippen molar-refractivity contribution in [2.75, 3.05) is 6.61 Å². The van der Waals surface area contributed by atoms with Crippen LogP contribution < -0.4 is 10.9 Å². The fourth-order valence-electron chi connectivity index (χ4n) is 5.18. The maximum Gasteiger partial charge on any atom is 0.407 e. The molecule has 196 valence electrons. The van der Waals surface area contributed by atoms with E-state index in [1.54, 1.807) is 34.9 Å². The Balaban J connectivity index is 1.48. The van der Waals surface area contributed by atoms with E-state index in [1.165, 1.54) is 10.4 Å². The van der Waals surface area contributed by atoms with E-state index in [0.717, 1.165) is 59.2 Å². The van der Waals surface area contributed by atoms with E-state index in [4.69, 9.17) is 9.47 Å². The Kier molecular flexibility index (Phi) is 6.64. The van der Waals surface area contributed by atoms with Crippen LogP contribution in [0, 0.1) is 6.92 Å². The van der Waals surface area contributed by atoms with Crippen molar-refractivity contribution in [3.63, 3.8) is 0 Å². The molecule has 5 rings (SSSR count). The summed E-state index contributed by atoms with van der Waals surface area (Å²) in [6.07, 6.45) is 6.08. The van der Waals surface area contributed by atoms with Crippen molar-refractivity contribution in [2.24, 2.45) is 0 Å². The lowest BCUT2D eigenvalue weighted by atomic mass is 9.93. The van der Waals surface area contributed by atoms with Gasteiger partial charge in [-0.15, -0.1) is 11.3 Å². The van der Waals surface area contributed by atoms with E-state index in [0.29, 0.717) is 5.92 Å². The number of fused-ring (bicyclic) bond motifs is 2. The number of pyridine rings is 2. The van der Waals surface area contributed by atoms with Gasteiger partial charge >= 0.3 is 12.1 Å². The normalized spacial score (nSPS) is 17.4. The largest absolute Gasteiger partial charge is 0.462 e. The molecule has 0 aliphatic heterocycles. The number of hydrogen-bond donors (Lipinski definition) is 1. The number of aromatic nitrogens is 1. The molecule has 1 saturated carbocycles. The first-order chi connectivity index (χ1) is 17.6. The highest BCUT2D eigenvalue weighted by atomic mass is 32.1. The minimum atomic E-state index is -0.564. The fourth-order valence-corrected chi connectivity index (χ4v) is 6.47. The van der Waals surface area contributed by atoms with Crippen molar-refractivity contribution in [1.82, 2.24) is 9.72 Å². The van der Waals surface area contributed by atoms with E-state index in [2.05, 4.69) is 18.3 Å². The fraction of sp³-hybridized carbons (Fsp3) is 0.483. The highest BCUT2D eigenvalue weighted by molar-refractivity contribution is 7.15. The topological polar surface area (TPSA) is 86.1 Å². The molecule has 1 amide bonds. The third kappa shape index (κ3) is 5.17. The predicted molar refractivity (Wildman–Crippen MR) is 145 cm³/mol. The molecule has 0 saturated heterocycles. The van der Waals surface area contributed by atoms with Crippen LogP contribution in [0.4, 0.5) is 4.79 Å². The lowest BCUT2D eigenvalue weighted by molar-refractivity contribution is 0.0496. The summed E-state index contributed by atoms with van der Waals surface area (Å²) in [5, 5.41) is 3.02. The molecule has 3 aromatic heterocycles. The summed E-state index contributed by atoms with van der Waals surface area (Å²) >= 11 is 1.79. The Hall–Kier alpha value is -3.13. The standard InChI is InChI=1S/C29H34N2O5S/c1-6-35-27(33)22-15-21(17-7-8-17)25-16(2)20(11-12-31(25)26(22)32)24-14-18-13-19(9-10-23(18)37-24)30-28(34)36-29(3,4)5/h11-12,14-15,17,19H,6-10,13H2,1-5H3,(H,30,34). The Morgan fingerprint density at radius 1 is 1.19 bits per heavy atom. The van der Waals surface area contributed by atoms with Crippen LogP contribution in [0.1, 0.15) is 84.8 Å². The van der Waals surface area contributed by atoms with Gasteiger partial charge in [0, 0.05) is 22.0 Å². The smallest absolute Gasteiger partial charge is 0.407 e. The van der Waals surface area contributed by atoms with Gasteiger partial charge in [0.25, 0.3) is 5.56 Å². The molecule has 0 spiro atoms. The van der Waals surface area contributed by atoms with Crippen LogP contribution in [0.2, 0.25) is 0 Å². The molecule has 1 N–H and O–H groups in total. The second kappa shape index (κ2) is 9.63. The van der Waals surface area contributed by atoms with Crippen LogP contribution in [0.15, 0.2) is 29.2 Å². The number of nitrogens with zero attached hydrogens (tertiary/aromatic N) is 1. The van der Waals surface area contributed by atoms with Crippen molar-refractivity contribution in [2.45, 2.75) is 84.3 Å². The van der Waals surface area contributed by atoms with Gasteiger partial charge in [0.2, 0.25) is 0 Å². The van der Waals surface area contributed by atoms with E-state index in [9.17, 15) is 14.4 Å². The van der Waals surface area contributed by atoms with Gasteiger partial charge in [0.15, 0.2) is 0 Å². The van der Waals surface area contributed by atoms with Gasteiger partial charge in [-0.25, -0.2) is 9.59 Å². The molecule has 0 aromatic carbocycles. The molecule has 8 heteroatoms. The third-order valence-electron chi connectivity index (χ3n) is 6.99. The quantitative estimate of drug-likeness (QED) is 0.430. The second-order valence-corrected chi connectivity index (χ2v) is 12.2. The molecular formula is C29H34N2O5S. The maximum atomic E-state index is 13.2. The molecule has 3 aromatic rings. The highest BCUT2D eigenvalue weighted by Crippen LogP contribution is 2.44. The van der Waals surface area contributed by atoms with Gasteiger partial charge in [-0.05, 0) is 113 Å². The lowest BCUT2D eigenvalue weighted by Gasteiger charge is -2.26. The number of carbonyl (C=O) groups excluding carboxylic acids is 2. The second-order valence-electron chi connectivity index (χ2n) is 11.0. The number of thiophene rings is 1. The number of esters is 1. The average molecular weight is 523 g/mol. The molecule has 3 heterocycles. The summed E-state index contributed by atoms with van der Waals surface area (Å²) in [5.41, 5.74) is 4.58. The van der Waals surface area contributed by atoms with Crippen molar-refractivity contribution in [3.05, 3.63) is 61.9 Å². The average Bonchev–Trinajstić information content (AvgIpc) is 3.57. The molecule has 2 aliphatic carbocycles. The molecule has 37 heavy (non-hydrogen) atoms. The first kappa shape index (κ1) is 25.5. The number of carbonyl (C=O) groups is 2. The van der Waals surface area contributed by atoms with Gasteiger partial charge < -0.3 is 14.8 Å². The monoisotopic (exact) mass is 522 g/mol. The maximum absolute atomic E-state index is 13.2. The van der Waals surface area contributed by atoms with E-state index in [1.807, 2.05) is 26.8 Å². The zero-order valence-corrected chi connectivity index (χ0v) is 22.9. The minimum absolute atomic E-state index is 0.0452. The summed E-state index contributed by atoms with van der Waals surface area (Å²) in [4.78, 5) is 40.5. The van der Waals surface area contributed by atoms with Crippen LogP contribution in [0.3, 0.4) is 0 Å². The van der Waals surface area contributed by atoms with E-state index >= 15 is 0 Å². The van der Waals surface area contributed by atoms with Crippen LogP contribution in [0.25, 0.3) is 16.0 Å². The lowest BCUT2D eigenvalue weighted by Crippen LogP contribution is -2.41. The zero-order valence-electron chi connectivity index (χ0n) is 22.1. The van der Waals surface area contributed by atoms with E-state index < -0.39 is 11.6 Å². The number of alkyl carbamates (subject to hydrolysis) is 1. The number of nitrogens with one attached hydrogen (secondary N) is 1. The summed E-state index contributed by atoms with van der Waals surface area (Å²) in [7, 11) is 0. The summed E-state index contributed by atoms with van der Waals surface area (Å²) < 4.78 is 12.2. The van der Waals surface area contributed by atoms with Gasteiger partial charge in [-0.2, -0.15) is 0 Å².